The Morgan fingerprint density at radius 3 is 2.33 bits per heavy atom. The van der Waals surface area contributed by atoms with Crippen LogP contribution in [-0.4, -0.2) is 22.3 Å². The van der Waals surface area contributed by atoms with Crippen LogP contribution in [0.25, 0.3) is 0 Å². The molecular formula is C9H10O3. The quantitative estimate of drug-likeness (QED) is 0.510. The minimum absolute atomic E-state index is 0.246. The number of hydrogen-bond acceptors (Lipinski definition) is 3. The van der Waals surface area contributed by atoms with Gasteiger partial charge in [-0.05, 0) is 0 Å². The molecule has 0 amide bonds. The highest BCUT2D eigenvalue weighted by Gasteiger charge is 2.08. The predicted molar refractivity (Wildman–Crippen MR) is 43.6 cm³/mol. The van der Waals surface area contributed by atoms with E-state index in [4.69, 9.17) is 10.2 Å². The Hall–Kier alpha value is -1.19. The Kier molecular flexibility index (Phi) is 2.96. The Balaban J connectivity index is 2.66. The van der Waals surface area contributed by atoms with E-state index in [0.29, 0.717) is 5.56 Å². The van der Waals surface area contributed by atoms with Crippen molar-refractivity contribution in [2.75, 3.05) is 0 Å². The summed E-state index contributed by atoms with van der Waals surface area (Å²) in [5.41, 5.74) is 0.505. The molecule has 0 fully saturated rings. The maximum Gasteiger partial charge on any atom is 0.167 e. The predicted octanol–water partition coefficient (Wildman–Crippen LogP) is 0.570. The molecule has 0 aromatic heterocycles. The third-order valence-corrected chi connectivity index (χ3v) is 1.46. The van der Waals surface area contributed by atoms with E-state index in [1.165, 1.54) is 0 Å². The van der Waals surface area contributed by atoms with Crippen molar-refractivity contribution in [3.8, 4) is 0 Å². The maximum atomic E-state index is 11.1. The van der Waals surface area contributed by atoms with E-state index in [1.807, 2.05) is 0 Å². The summed E-state index contributed by atoms with van der Waals surface area (Å²) in [6.07, 6.45) is -1.80. The molecule has 0 spiro atoms. The summed E-state index contributed by atoms with van der Waals surface area (Å²) in [5.74, 6) is -0.259. The SMILES string of the molecule is O=C(CC(O)O)c1ccccc1. The molecule has 0 aliphatic rings. The van der Waals surface area contributed by atoms with Gasteiger partial charge >= 0.3 is 0 Å². The molecule has 0 saturated carbocycles. The van der Waals surface area contributed by atoms with Gasteiger partial charge in [-0.2, -0.15) is 0 Å². The van der Waals surface area contributed by atoms with Crippen LogP contribution in [0.3, 0.4) is 0 Å². The van der Waals surface area contributed by atoms with Crippen LogP contribution in [0.15, 0.2) is 30.3 Å². The van der Waals surface area contributed by atoms with E-state index in [2.05, 4.69) is 0 Å². The summed E-state index contributed by atoms with van der Waals surface area (Å²) in [6, 6.07) is 8.55. The van der Waals surface area contributed by atoms with Gasteiger partial charge in [0.2, 0.25) is 0 Å². The number of Topliss-reactive ketones (excluding diaryl/α,β-unsaturated/α-hetero) is 1. The second-order valence-corrected chi connectivity index (χ2v) is 2.47. The maximum absolute atomic E-state index is 11.1. The fourth-order valence-corrected chi connectivity index (χ4v) is 0.908. The van der Waals surface area contributed by atoms with Crippen molar-refractivity contribution in [3.05, 3.63) is 35.9 Å². The van der Waals surface area contributed by atoms with E-state index in [1.54, 1.807) is 30.3 Å². The van der Waals surface area contributed by atoms with Crippen molar-refractivity contribution in [3.63, 3.8) is 0 Å². The lowest BCUT2D eigenvalue weighted by molar-refractivity contribution is -0.0389. The van der Waals surface area contributed by atoms with Crippen molar-refractivity contribution < 1.29 is 15.0 Å². The number of carbonyl (C=O) groups is 1. The Morgan fingerprint density at radius 2 is 1.83 bits per heavy atom. The average molecular weight is 166 g/mol. The van der Waals surface area contributed by atoms with Crippen LogP contribution < -0.4 is 0 Å². The molecule has 64 valence electrons. The molecule has 0 heterocycles. The van der Waals surface area contributed by atoms with E-state index in [-0.39, 0.29) is 12.2 Å². The molecule has 1 aromatic rings. The lowest BCUT2D eigenvalue weighted by atomic mass is 10.1. The fourth-order valence-electron chi connectivity index (χ4n) is 0.908. The first kappa shape index (κ1) is 8.90. The topological polar surface area (TPSA) is 57.5 Å². The highest BCUT2D eigenvalue weighted by atomic mass is 16.5. The zero-order valence-corrected chi connectivity index (χ0v) is 6.47. The molecule has 3 heteroatoms. The number of carbonyl (C=O) groups excluding carboxylic acids is 1. The summed E-state index contributed by atoms with van der Waals surface area (Å²) in [5, 5.41) is 17.0. The Morgan fingerprint density at radius 1 is 1.25 bits per heavy atom. The van der Waals surface area contributed by atoms with Gasteiger partial charge in [0.15, 0.2) is 12.1 Å². The van der Waals surface area contributed by atoms with Crippen LogP contribution in [-0.2, 0) is 0 Å². The number of rotatable bonds is 3. The normalized spacial score (nSPS) is 10.2. The van der Waals surface area contributed by atoms with Gasteiger partial charge in [0.1, 0.15) is 0 Å². The summed E-state index contributed by atoms with van der Waals surface area (Å²) >= 11 is 0. The summed E-state index contributed by atoms with van der Waals surface area (Å²) in [7, 11) is 0. The third kappa shape index (κ3) is 2.45. The number of benzene rings is 1. The second kappa shape index (κ2) is 3.99. The van der Waals surface area contributed by atoms with Crippen LogP contribution in [0.2, 0.25) is 0 Å². The largest absolute Gasteiger partial charge is 0.368 e. The first-order valence-corrected chi connectivity index (χ1v) is 3.64. The van der Waals surface area contributed by atoms with Gasteiger partial charge in [-0.15, -0.1) is 0 Å². The Bertz CT molecular complexity index is 254. The fraction of sp³-hybridized carbons (Fsp3) is 0.222. The van der Waals surface area contributed by atoms with Crippen LogP contribution in [0, 0.1) is 0 Å². The molecule has 0 saturated heterocycles. The van der Waals surface area contributed by atoms with Crippen molar-refractivity contribution in [2.24, 2.45) is 0 Å². The van der Waals surface area contributed by atoms with Crippen molar-refractivity contribution >= 4 is 5.78 Å². The van der Waals surface area contributed by atoms with E-state index >= 15 is 0 Å². The van der Waals surface area contributed by atoms with Crippen molar-refractivity contribution in [2.45, 2.75) is 12.7 Å². The van der Waals surface area contributed by atoms with Crippen LogP contribution >= 0.6 is 0 Å². The van der Waals surface area contributed by atoms with Crippen LogP contribution in [0.1, 0.15) is 16.8 Å². The number of aliphatic hydroxyl groups is 2. The number of aliphatic hydroxyl groups excluding tert-OH is 1. The number of ketones is 1. The Labute approximate surface area is 70.3 Å². The zero-order chi connectivity index (χ0) is 8.97. The monoisotopic (exact) mass is 166 g/mol. The third-order valence-electron chi connectivity index (χ3n) is 1.46. The zero-order valence-electron chi connectivity index (χ0n) is 6.47. The highest BCUT2D eigenvalue weighted by molar-refractivity contribution is 5.96. The lowest BCUT2D eigenvalue weighted by Crippen LogP contribution is -2.12. The van der Waals surface area contributed by atoms with Gasteiger partial charge in [0, 0.05) is 5.56 Å². The van der Waals surface area contributed by atoms with E-state index < -0.39 is 6.29 Å². The lowest BCUT2D eigenvalue weighted by Gasteiger charge is -2.01. The molecule has 0 aliphatic carbocycles. The minimum Gasteiger partial charge on any atom is -0.368 e. The van der Waals surface area contributed by atoms with Gasteiger partial charge in [-0.1, -0.05) is 30.3 Å². The van der Waals surface area contributed by atoms with Gasteiger partial charge in [0.05, 0.1) is 6.42 Å². The smallest absolute Gasteiger partial charge is 0.167 e. The molecule has 3 nitrogen and oxygen atoms in total. The van der Waals surface area contributed by atoms with E-state index in [9.17, 15) is 4.79 Å². The van der Waals surface area contributed by atoms with Crippen LogP contribution in [0.5, 0.6) is 0 Å². The first-order chi connectivity index (χ1) is 5.70. The van der Waals surface area contributed by atoms with Gasteiger partial charge in [-0.3, -0.25) is 4.79 Å². The highest BCUT2D eigenvalue weighted by Crippen LogP contribution is 2.03. The summed E-state index contributed by atoms with van der Waals surface area (Å²) in [4.78, 5) is 11.1. The van der Waals surface area contributed by atoms with Gasteiger partial charge in [0.25, 0.3) is 0 Å². The minimum atomic E-state index is -1.56. The van der Waals surface area contributed by atoms with E-state index in [0.717, 1.165) is 0 Å². The summed E-state index contributed by atoms with van der Waals surface area (Å²) < 4.78 is 0. The molecule has 0 aliphatic heterocycles. The van der Waals surface area contributed by atoms with Crippen molar-refractivity contribution in [1.29, 1.82) is 0 Å². The average Bonchev–Trinajstić information content (AvgIpc) is 2.05. The van der Waals surface area contributed by atoms with Crippen molar-refractivity contribution in [1.82, 2.24) is 0 Å². The van der Waals surface area contributed by atoms with Crippen LogP contribution in [0.4, 0.5) is 0 Å². The number of hydrogen-bond donors (Lipinski definition) is 2. The molecule has 2 N–H and O–H groups in total. The molecule has 12 heavy (non-hydrogen) atoms. The molecule has 1 rings (SSSR count). The molecule has 0 radical (unpaired) electrons. The molecule has 0 bridgehead atoms. The molecule has 0 atom stereocenters. The standard InChI is InChI=1S/C9H10O3/c10-8(6-9(11)12)7-4-2-1-3-5-7/h1-5,9,11-12H,6H2. The molecule has 0 unspecified atom stereocenters. The summed E-state index contributed by atoms with van der Waals surface area (Å²) in [6.45, 7) is 0. The molecular weight excluding hydrogens is 156 g/mol. The first-order valence-electron chi connectivity index (χ1n) is 3.64. The van der Waals surface area contributed by atoms with Gasteiger partial charge < -0.3 is 10.2 Å². The molecule has 1 aromatic carbocycles. The van der Waals surface area contributed by atoms with Gasteiger partial charge in [-0.25, -0.2) is 0 Å². The second-order valence-electron chi connectivity index (χ2n) is 2.47.